The highest BCUT2D eigenvalue weighted by atomic mass is 32.2. The fourth-order valence-electron chi connectivity index (χ4n) is 3.48. The predicted molar refractivity (Wildman–Crippen MR) is 123 cm³/mol. The number of anilines is 1. The topological polar surface area (TPSA) is 128 Å². The van der Waals surface area contributed by atoms with E-state index in [-0.39, 0.29) is 17.1 Å². The average molecular weight is 495 g/mol. The molecule has 1 heterocycles. The first-order valence-electron chi connectivity index (χ1n) is 10.5. The molecule has 178 valence electrons. The first kappa shape index (κ1) is 24.9. The summed E-state index contributed by atoms with van der Waals surface area (Å²) in [6.45, 7) is 3.33. The molecule has 1 amide bonds. The van der Waals surface area contributed by atoms with Gasteiger partial charge in [-0.25, -0.2) is 22.7 Å². The third-order valence-corrected chi connectivity index (χ3v) is 7.81. The average Bonchev–Trinajstić information content (AvgIpc) is 3.17. The summed E-state index contributed by atoms with van der Waals surface area (Å²) >= 11 is 1.34. The van der Waals surface area contributed by atoms with Gasteiger partial charge in [0.05, 0.1) is 22.6 Å². The van der Waals surface area contributed by atoms with Gasteiger partial charge in [0.15, 0.2) is 6.10 Å². The minimum absolute atomic E-state index is 0.00947. The largest absolute Gasteiger partial charge is 0.462 e. The number of fused-ring (bicyclic) bond motifs is 1. The fourth-order valence-corrected chi connectivity index (χ4v) is 5.53. The molecule has 0 radical (unpaired) electrons. The van der Waals surface area contributed by atoms with Crippen LogP contribution in [0.1, 0.15) is 57.8 Å². The maximum absolute atomic E-state index is 12.8. The number of esters is 2. The minimum Gasteiger partial charge on any atom is -0.462 e. The second-order valence-electron chi connectivity index (χ2n) is 7.41. The van der Waals surface area contributed by atoms with Crippen molar-refractivity contribution < 1.29 is 32.3 Å². The lowest BCUT2D eigenvalue weighted by molar-refractivity contribution is -0.123. The number of hydrogen-bond donors (Lipinski definition) is 2. The molecule has 1 aliphatic rings. The monoisotopic (exact) mass is 494 g/mol. The zero-order valence-corrected chi connectivity index (χ0v) is 20.2. The van der Waals surface area contributed by atoms with Gasteiger partial charge in [0.25, 0.3) is 5.91 Å². The van der Waals surface area contributed by atoms with Crippen LogP contribution in [0.4, 0.5) is 5.00 Å². The fraction of sp³-hybridized carbons (Fsp3) is 0.409. The Morgan fingerprint density at radius 3 is 2.58 bits per heavy atom. The Bertz CT molecular complexity index is 1170. The van der Waals surface area contributed by atoms with E-state index in [1.165, 1.54) is 49.6 Å². The van der Waals surface area contributed by atoms with Crippen molar-refractivity contribution in [1.29, 1.82) is 0 Å². The third-order valence-electron chi connectivity index (χ3n) is 5.19. The smallest absolute Gasteiger partial charge is 0.341 e. The lowest BCUT2D eigenvalue weighted by atomic mass is 9.95. The summed E-state index contributed by atoms with van der Waals surface area (Å²) in [4.78, 5) is 38.8. The van der Waals surface area contributed by atoms with Crippen molar-refractivity contribution in [2.24, 2.45) is 0 Å². The number of carbonyl (C=O) groups excluding carboxylic acids is 3. The van der Waals surface area contributed by atoms with Gasteiger partial charge in [0, 0.05) is 4.88 Å². The van der Waals surface area contributed by atoms with Crippen LogP contribution in [0.2, 0.25) is 0 Å². The van der Waals surface area contributed by atoms with Crippen LogP contribution in [0.15, 0.2) is 29.2 Å². The summed E-state index contributed by atoms with van der Waals surface area (Å²) in [5.74, 6) is -1.94. The van der Waals surface area contributed by atoms with Crippen LogP contribution in [0.25, 0.3) is 0 Å². The Balaban J connectivity index is 1.75. The summed E-state index contributed by atoms with van der Waals surface area (Å²) in [6.07, 6.45) is 2.36. The van der Waals surface area contributed by atoms with E-state index in [1.54, 1.807) is 6.92 Å². The zero-order valence-electron chi connectivity index (χ0n) is 18.6. The Morgan fingerprint density at radius 2 is 1.88 bits per heavy atom. The summed E-state index contributed by atoms with van der Waals surface area (Å²) in [5, 5.41) is 3.09. The van der Waals surface area contributed by atoms with Crippen molar-refractivity contribution >= 4 is 44.2 Å². The van der Waals surface area contributed by atoms with E-state index in [0.29, 0.717) is 10.6 Å². The van der Waals surface area contributed by atoms with Crippen LogP contribution >= 0.6 is 11.3 Å². The van der Waals surface area contributed by atoms with Gasteiger partial charge in [0.2, 0.25) is 10.0 Å². The molecule has 0 unspecified atom stereocenters. The van der Waals surface area contributed by atoms with Crippen LogP contribution in [0.5, 0.6) is 0 Å². The van der Waals surface area contributed by atoms with Crippen LogP contribution in [-0.2, 0) is 37.1 Å². The Kier molecular flexibility index (Phi) is 7.88. The van der Waals surface area contributed by atoms with Crippen LogP contribution in [0, 0.1) is 0 Å². The molecule has 2 aromatic rings. The molecule has 1 atom stereocenters. The lowest BCUT2D eigenvalue weighted by Gasteiger charge is -2.14. The molecule has 0 saturated heterocycles. The molecule has 1 aromatic heterocycles. The number of hydrogen-bond acceptors (Lipinski definition) is 8. The van der Waals surface area contributed by atoms with E-state index in [2.05, 4.69) is 10.0 Å². The highest BCUT2D eigenvalue weighted by molar-refractivity contribution is 7.89. The molecule has 9 nitrogen and oxygen atoms in total. The van der Waals surface area contributed by atoms with Gasteiger partial charge in [-0.15, -0.1) is 11.3 Å². The molecule has 0 bridgehead atoms. The lowest BCUT2D eigenvalue weighted by Crippen LogP contribution is -2.30. The van der Waals surface area contributed by atoms with Crippen LogP contribution < -0.4 is 10.0 Å². The Morgan fingerprint density at radius 1 is 1.15 bits per heavy atom. The Hall–Kier alpha value is -2.76. The summed E-state index contributed by atoms with van der Waals surface area (Å²) in [6, 6.07) is 5.32. The van der Waals surface area contributed by atoms with Crippen LogP contribution in [0.3, 0.4) is 0 Å². The molecule has 3 rings (SSSR count). The summed E-state index contributed by atoms with van der Waals surface area (Å²) < 4.78 is 36.5. The van der Waals surface area contributed by atoms with Gasteiger partial charge in [-0.3, -0.25) is 4.79 Å². The van der Waals surface area contributed by atoms with E-state index >= 15 is 0 Å². The molecular weight excluding hydrogens is 468 g/mol. The summed E-state index contributed by atoms with van der Waals surface area (Å²) in [5.41, 5.74) is 1.27. The highest BCUT2D eigenvalue weighted by Crippen LogP contribution is 2.38. The molecule has 33 heavy (non-hydrogen) atoms. The van der Waals surface area contributed by atoms with Crippen molar-refractivity contribution in [3.05, 3.63) is 45.8 Å². The van der Waals surface area contributed by atoms with Gasteiger partial charge >= 0.3 is 11.9 Å². The second kappa shape index (κ2) is 10.4. The van der Waals surface area contributed by atoms with Gasteiger partial charge in [-0.05, 0) is 70.3 Å². The molecule has 0 saturated carbocycles. The van der Waals surface area contributed by atoms with E-state index in [1.807, 2.05) is 0 Å². The number of sulfonamides is 1. The molecule has 1 aliphatic carbocycles. The maximum Gasteiger partial charge on any atom is 0.341 e. The van der Waals surface area contributed by atoms with E-state index in [4.69, 9.17) is 9.47 Å². The van der Waals surface area contributed by atoms with Crippen molar-refractivity contribution in [2.75, 3.05) is 19.0 Å². The molecular formula is C22H26N2O7S2. The molecule has 2 N–H and O–H groups in total. The standard InChI is InChI=1S/C22H26N2O7S2/c1-4-30-22(27)18-16-10-5-6-11-17(16)32-20(18)24-19(25)13(2)31-21(26)14-8-7-9-15(12-14)33(28,29)23-3/h7-9,12-13,23H,4-6,10-11H2,1-3H3,(H,24,25)/t13-/m0/s1. The Labute approximate surface area is 196 Å². The number of rotatable bonds is 8. The van der Waals surface area contributed by atoms with E-state index < -0.39 is 34.0 Å². The van der Waals surface area contributed by atoms with Gasteiger partial charge in [0.1, 0.15) is 5.00 Å². The normalized spacial score (nSPS) is 14.2. The van der Waals surface area contributed by atoms with Gasteiger partial charge < -0.3 is 14.8 Å². The van der Waals surface area contributed by atoms with E-state index in [0.717, 1.165) is 36.1 Å². The van der Waals surface area contributed by atoms with Crippen molar-refractivity contribution in [3.8, 4) is 0 Å². The SMILES string of the molecule is CCOC(=O)c1c(NC(=O)[C@H](C)OC(=O)c2cccc(S(=O)(=O)NC)c2)sc2c1CCCC2. The van der Waals surface area contributed by atoms with Crippen molar-refractivity contribution in [1.82, 2.24) is 4.72 Å². The second-order valence-corrected chi connectivity index (χ2v) is 10.4. The number of ether oxygens (including phenoxy) is 2. The highest BCUT2D eigenvalue weighted by Gasteiger charge is 2.29. The number of benzene rings is 1. The van der Waals surface area contributed by atoms with Crippen molar-refractivity contribution in [3.63, 3.8) is 0 Å². The number of thiophene rings is 1. The molecule has 0 aliphatic heterocycles. The molecule has 1 aromatic carbocycles. The van der Waals surface area contributed by atoms with Gasteiger partial charge in [-0.1, -0.05) is 6.07 Å². The first-order valence-corrected chi connectivity index (χ1v) is 12.8. The van der Waals surface area contributed by atoms with Crippen LogP contribution in [-0.4, -0.2) is 46.0 Å². The summed E-state index contributed by atoms with van der Waals surface area (Å²) in [7, 11) is -2.48. The quantitative estimate of drug-likeness (QED) is 0.540. The number of amides is 1. The molecule has 0 fully saturated rings. The first-order chi connectivity index (χ1) is 15.7. The molecule has 11 heteroatoms. The van der Waals surface area contributed by atoms with Crippen molar-refractivity contribution in [2.45, 2.75) is 50.5 Å². The predicted octanol–water partition coefficient (Wildman–Crippen LogP) is 2.90. The minimum atomic E-state index is -3.74. The zero-order chi connectivity index (χ0) is 24.2. The third kappa shape index (κ3) is 5.60. The number of aryl methyl sites for hydroxylation is 1. The van der Waals surface area contributed by atoms with E-state index in [9.17, 15) is 22.8 Å². The maximum atomic E-state index is 12.8. The van der Waals surface area contributed by atoms with Gasteiger partial charge in [-0.2, -0.15) is 0 Å². The number of nitrogens with one attached hydrogen (secondary N) is 2. The number of carbonyl (C=O) groups is 3. The molecule has 0 spiro atoms.